The smallest absolute Gasteiger partial charge is 0.295 e. The first kappa shape index (κ1) is 26.2. The van der Waals surface area contributed by atoms with Gasteiger partial charge in [0.15, 0.2) is 5.76 Å². The van der Waals surface area contributed by atoms with E-state index in [4.69, 9.17) is 4.74 Å². The van der Waals surface area contributed by atoms with Gasteiger partial charge in [0.25, 0.3) is 11.7 Å². The number of rotatable bonds is 8. The van der Waals surface area contributed by atoms with Gasteiger partial charge in [-0.3, -0.25) is 9.59 Å². The molecule has 1 amide bonds. The first-order valence-corrected chi connectivity index (χ1v) is 13.0. The summed E-state index contributed by atoms with van der Waals surface area (Å²) in [5.41, 5.74) is 3.30. The van der Waals surface area contributed by atoms with Crippen molar-refractivity contribution >= 4 is 23.1 Å². The molecule has 0 bridgehead atoms. The van der Waals surface area contributed by atoms with Crippen LogP contribution in [0.25, 0.3) is 11.4 Å². The molecule has 0 saturated carbocycles. The average molecular weight is 525 g/mol. The molecule has 1 fully saturated rings. The van der Waals surface area contributed by atoms with Crippen molar-refractivity contribution in [3.63, 3.8) is 0 Å². The molecular formula is C31H32N4O4. The molecule has 1 atom stereocenters. The summed E-state index contributed by atoms with van der Waals surface area (Å²) in [6, 6.07) is 19.8. The van der Waals surface area contributed by atoms with Crippen molar-refractivity contribution in [1.82, 2.24) is 19.2 Å². The van der Waals surface area contributed by atoms with Gasteiger partial charge in [0.1, 0.15) is 22.8 Å². The van der Waals surface area contributed by atoms with Gasteiger partial charge in [-0.05, 0) is 82.4 Å². The Hall–Kier alpha value is -4.43. The van der Waals surface area contributed by atoms with E-state index < -0.39 is 17.7 Å². The summed E-state index contributed by atoms with van der Waals surface area (Å²) in [7, 11) is 3.92. The number of carbonyl (C=O) groups excluding carboxylic acids is 2. The first-order chi connectivity index (χ1) is 18.8. The summed E-state index contributed by atoms with van der Waals surface area (Å²) in [6.45, 7) is 4.88. The number of hydrogen-bond acceptors (Lipinski definition) is 6. The van der Waals surface area contributed by atoms with E-state index in [1.165, 1.54) is 0 Å². The third kappa shape index (κ3) is 5.03. The number of nitrogens with zero attached hydrogens (tertiary/aromatic N) is 4. The van der Waals surface area contributed by atoms with Gasteiger partial charge >= 0.3 is 0 Å². The van der Waals surface area contributed by atoms with Gasteiger partial charge in [-0.1, -0.05) is 36.4 Å². The number of ether oxygens (including phenoxy) is 1. The number of likely N-dealkylation sites (tertiary alicyclic amines) is 1. The number of imidazole rings is 1. The average Bonchev–Trinajstić information content (AvgIpc) is 3.39. The van der Waals surface area contributed by atoms with E-state index in [0.29, 0.717) is 41.4 Å². The summed E-state index contributed by atoms with van der Waals surface area (Å²) < 4.78 is 7.92. The number of hydrogen-bond donors (Lipinski definition) is 1. The van der Waals surface area contributed by atoms with Crippen molar-refractivity contribution in [2.45, 2.75) is 26.3 Å². The first-order valence-electron chi connectivity index (χ1n) is 13.0. The van der Waals surface area contributed by atoms with E-state index in [1.807, 2.05) is 110 Å². The predicted molar refractivity (Wildman–Crippen MR) is 150 cm³/mol. The van der Waals surface area contributed by atoms with Crippen molar-refractivity contribution in [2.75, 3.05) is 27.2 Å². The number of fused-ring (bicyclic) bond motifs is 1. The number of benzene rings is 2. The van der Waals surface area contributed by atoms with Gasteiger partial charge in [0.05, 0.1) is 17.3 Å². The lowest BCUT2D eigenvalue weighted by Gasteiger charge is -2.26. The van der Waals surface area contributed by atoms with Crippen molar-refractivity contribution in [1.29, 1.82) is 0 Å². The molecule has 1 aliphatic rings. The Bertz CT molecular complexity index is 1570. The molecule has 8 nitrogen and oxygen atoms in total. The molecule has 1 aliphatic heterocycles. The fourth-order valence-corrected chi connectivity index (χ4v) is 5.06. The molecule has 200 valence electrons. The van der Waals surface area contributed by atoms with Gasteiger partial charge in [-0.15, -0.1) is 0 Å². The minimum absolute atomic E-state index is 0.0332. The van der Waals surface area contributed by atoms with Crippen molar-refractivity contribution < 1.29 is 19.4 Å². The molecule has 3 heterocycles. The van der Waals surface area contributed by atoms with Crippen molar-refractivity contribution in [3.8, 4) is 11.5 Å². The molecule has 1 saturated heterocycles. The highest BCUT2D eigenvalue weighted by Crippen LogP contribution is 2.41. The van der Waals surface area contributed by atoms with Crippen molar-refractivity contribution in [2.24, 2.45) is 0 Å². The van der Waals surface area contributed by atoms with E-state index >= 15 is 0 Å². The highest BCUT2D eigenvalue weighted by Gasteiger charge is 2.46. The number of carbonyl (C=O) groups is 2. The Labute approximate surface area is 227 Å². The number of aliphatic hydroxyl groups excluding tert-OH is 1. The lowest BCUT2D eigenvalue weighted by Crippen LogP contribution is -2.32. The van der Waals surface area contributed by atoms with Crippen LogP contribution in [-0.4, -0.2) is 63.2 Å². The highest BCUT2D eigenvalue weighted by molar-refractivity contribution is 6.46. The van der Waals surface area contributed by atoms with Crippen LogP contribution in [0.1, 0.15) is 35.0 Å². The van der Waals surface area contributed by atoms with Crippen LogP contribution >= 0.6 is 0 Å². The standard InChI is InChI=1S/C31H32N4O4/c1-20-11-9-17-34-21(2)26(32-30(20)34)28(36)25-27(35(31(38)29(25)37)18-10-16-33(3)4)22-12-8-15-24(19-22)39-23-13-6-5-7-14-23/h5-9,11-15,17,19,27,36H,10,16,18H2,1-4H3. The lowest BCUT2D eigenvalue weighted by molar-refractivity contribution is -0.139. The molecule has 2 aromatic heterocycles. The maximum Gasteiger partial charge on any atom is 0.295 e. The minimum Gasteiger partial charge on any atom is -0.505 e. The summed E-state index contributed by atoms with van der Waals surface area (Å²) >= 11 is 0. The Balaban J connectivity index is 1.62. The zero-order valence-electron chi connectivity index (χ0n) is 22.6. The molecule has 2 aromatic carbocycles. The van der Waals surface area contributed by atoms with E-state index in [9.17, 15) is 14.7 Å². The number of ketones is 1. The van der Waals surface area contributed by atoms with Crippen LogP contribution in [0.15, 0.2) is 78.5 Å². The second kappa shape index (κ2) is 10.7. The normalized spacial score (nSPS) is 16.9. The van der Waals surface area contributed by atoms with Gasteiger partial charge in [0.2, 0.25) is 0 Å². The van der Waals surface area contributed by atoms with Crippen LogP contribution in [-0.2, 0) is 9.59 Å². The molecule has 0 aliphatic carbocycles. The van der Waals surface area contributed by atoms with Crippen LogP contribution in [0, 0.1) is 13.8 Å². The molecule has 39 heavy (non-hydrogen) atoms. The number of aromatic nitrogens is 2. The Kier molecular flexibility index (Phi) is 7.21. The molecule has 5 rings (SSSR count). The van der Waals surface area contributed by atoms with E-state index in [2.05, 4.69) is 4.98 Å². The van der Waals surface area contributed by atoms with Gasteiger partial charge < -0.3 is 24.0 Å². The maximum absolute atomic E-state index is 13.5. The Morgan fingerprint density at radius 2 is 1.74 bits per heavy atom. The third-order valence-corrected chi connectivity index (χ3v) is 7.01. The van der Waals surface area contributed by atoms with Crippen LogP contribution in [0.3, 0.4) is 0 Å². The van der Waals surface area contributed by atoms with Crippen LogP contribution in [0.5, 0.6) is 11.5 Å². The number of para-hydroxylation sites is 1. The van der Waals surface area contributed by atoms with E-state index in [-0.39, 0.29) is 17.0 Å². The van der Waals surface area contributed by atoms with Crippen LogP contribution in [0.2, 0.25) is 0 Å². The number of aliphatic hydroxyl groups is 1. The number of pyridine rings is 1. The molecule has 4 aromatic rings. The Morgan fingerprint density at radius 3 is 2.46 bits per heavy atom. The molecule has 0 radical (unpaired) electrons. The summed E-state index contributed by atoms with van der Waals surface area (Å²) in [5.74, 6) is -0.386. The largest absolute Gasteiger partial charge is 0.505 e. The van der Waals surface area contributed by atoms with E-state index in [0.717, 1.165) is 12.1 Å². The van der Waals surface area contributed by atoms with Gasteiger partial charge in [0, 0.05) is 12.7 Å². The number of aryl methyl sites for hydroxylation is 2. The molecule has 1 unspecified atom stereocenters. The van der Waals surface area contributed by atoms with Crippen LogP contribution in [0.4, 0.5) is 0 Å². The Morgan fingerprint density at radius 1 is 1.00 bits per heavy atom. The molecule has 0 spiro atoms. The topological polar surface area (TPSA) is 87.4 Å². The van der Waals surface area contributed by atoms with Crippen molar-refractivity contribution in [3.05, 3.63) is 101 Å². The number of amides is 1. The number of Topliss-reactive ketones (excluding diaryl/α,β-unsaturated/α-hetero) is 1. The molecule has 8 heteroatoms. The summed E-state index contributed by atoms with van der Waals surface area (Å²) in [6.07, 6.45) is 2.53. The predicted octanol–water partition coefficient (Wildman–Crippen LogP) is 5.12. The molecular weight excluding hydrogens is 492 g/mol. The third-order valence-electron chi connectivity index (χ3n) is 7.01. The summed E-state index contributed by atoms with van der Waals surface area (Å²) in [4.78, 5) is 35.1. The quantitative estimate of drug-likeness (QED) is 0.196. The minimum atomic E-state index is -0.781. The summed E-state index contributed by atoms with van der Waals surface area (Å²) in [5, 5.41) is 11.6. The maximum atomic E-state index is 13.5. The molecule has 1 N–H and O–H groups in total. The second-order valence-corrected chi connectivity index (χ2v) is 10.1. The SMILES string of the molecule is Cc1cccn2c(C)c(C(O)=C3C(=O)C(=O)N(CCCN(C)C)C3c3cccc(Oc4ccccc4)c3)nc12. The fraction of sp³-hybridized carbons (Fsp3) is 0.258. The highest BCUT2D eigenvalue weighted by atomic mass is 16.5. The monoisotopic (exact) mass is 524 g/mol. The second-order valence-electron chi connectivity index (χ2n) is 10.1. The zero-order chi connectivity index (χ0) is 27.7. The van der Waals surface area contributed by atoms with Crippen LogP contribution < -0.4 is 4.74 Å². The zero-order valence-corrected chi connectivity index (χ0v) is 22.6. The van der Waals surface area contributed by atoms with Gasteiger partial charge in [-0.25, -0.2) is 4.98 Å². The fourth-order valence-electron chi connectivity index (χ4n) is 5.06. The van der Waals surface area contributed by atoms with Gasteiger partial charge in [-0.2, -0.15) is 0 Å². The van der Waals surface area contributed by atoms with E-state index in [1.54, 1.807) is 4.90 Å². The lowest BCUT2D eigenvalue weighted by atomic mass is 9.96.